The second-order valence-electron chi connectivity index (χ2n) is 4.35. The van der Waals surface area contributed by atoms with E-state index in [4.69, 9.17) is 10.2 Å². The number of nitrogens with zero attached hydrogens (tertiary/aromatic N) is 2. The minimum absolute atomic E-state index is 0.218. The van der Waals surface area contributed by atoms with Gasteiger partial charge in [-0.15, -0.1) is 0 Å². The van der Waals surface area contributed by atoms with E-state index in [1.165, 1.54) is 0 Å². The van der Waals surface area contributed by atoms with E-state index >= 15 is 0 Å². The van der Waals surface area contributed by atoms with Gasteiger partial charge in [0.15, 0.2) is 5.58 Å². The van der Waals surface area contributed by atoms with Crippen LogP contribution in [0.15, 0.2) is 28.7 Å². The number of anilines is 1. The van der Waals surface area contributed by atoms with Crippen molar-refractivity contribution in [1.29, 1.82) is 0 Å². The lowest BCUT2D eigenvalue weighted by molar-refractivity contribution is 0.545. The van der Waals surface area contributed by atoms with Gasteiger partial charge in [0.1, 0.15) is 5.52 Å². The van der Waals surface area contributed by atoms with E-state index in [1.54, 1.807) is 0 Å². The van der Waals surface area contributed by atoms with Crippen molar-refractivity contribution in [2.45, 2.75) is 25.4 Å². The molecule has 16 heavy (non-hydrogen) atoms. The van der Waals surface area contributed by atoms with Gasteiger partial charge in [-0.1, -0.05) is 12.1 Å². The van der Waals surface area contributed by atoms with E-state index in [9.17, 15) is 0 Å². The van der Waals surface area contributed by atoms with Gasteiger partial charge in [-0.3, -0.25) is 0 Å². The van der Waals surface area contributed by atoms with Crippen LogP contribution in [-0.4, -0.2) is 23.6 Å². The third-order valence-corrected chi connectivity index (χ3v) is 3.34. The van der Waals surface area contributed by atoms with Gasteiger partial charge in [-0.05, 0) is 25.5 Å². The van der Waals surface area contributed by atoms with E-state index in [1.807, 2.05) is 24.3 Å². The Kier molecular flexibility index (Phi) is 2.11. The van der Waals surface area contributed by atoms with Gasteiger partial charge in [0.2, 0.25) is 0 Å². The summed E-state index contributed by atoms with van der Waals surface area (Å²) in [5, 5.41) is 0. The highest BCUT2D eigenvalue weighted by Crippen LogP contribution is 2.27. The molecule has 1 aromatic carbocycles. The highest BCUT2D eigenvalue weighted by molar-refractivity contribution is 5.74. The molecular weight excluding hydrogens is 202 g/mol. The molecule has 1 aliphatic rings. The Hall–Kier alpha value is -1.55. The molecule has 2 atom stereocenters. The Morgan fingerprint density at radius 1 is 1.44 bits per heavy atom. The predicted molar refractivity (Wildman–Crippen MR) is 63.4 cm³/mol. The van der Waals surface area contributed by atoms with Crippen molar-refractivity contribution in [2.75, 3.05) is 11.4 Å². The summed E-state index contributed by atoms with van der Waals surface area (Å²) < 4.78 is 5.73. The van der Waals surface area contributed by atoms with Crippen LogP contribution < -0.4 is 10.6 Å². The van der Waals surface area contributed by atoms with E-state index in [-0.39, 0.29) is 6.04 Å². The molecule has 2 aromatic rings. The highest BCUT2D eigenvalue weighted by atomic mass is 16.4. The molecule has 0 saturated carbocycles. The number of benzene rings is 1. The lowest BCUT2D eigenvalue weighted by atomic mass is 10.2. The predicted octanol–water partition coefficient (Wildman–Crippen LogP) is 1.75. The lowest BCUT2D eigenvalue weighted by Gasteiger charge is -2.20. The molecule has 1 aliphatic heterocycles. The number of aromatic nitrogens is 1. The molecular formula is C12H15N3O. The largest absolute Gasteiger partial charge is 0.423 e. The first kappa shape index (κ1) is 9.66. The molecule has 1 fully saturated rings. The van der Waals surface area contributed by atoms with Crippen LogP contribution in [0.25, 0.3) is 11.1 Å². The summed E-state index contributed by atoms with van der Waals surface area (Å²) in [6.07, 6.45) is 1.000. The first-order chi connectivity index (χ1) is 7.75. The third-order valence-electron chi connectivity index (χ3n) is 3.34. The molecule has 1 saturated heterocycles. The molecule has 84 valence electrons. The molecule has 4 nitrogen and oxygen atoms in total. The minimum atomic E-state index is 0.218. The quantitative estimate of drug-likeness (QED) is 0.790. The van der Waals surface area contributed by atoms with Crippen LogP contribution in [-0.2, 0) is 0 Å². The Labute approximate surface area is 94.0 Å². The van der Waals surface area contributed by atoms with Crippen LogP contribution in [0.4, 0.5) is 6.01 Å². The third kappa shape index (κ3) is 1.38. The molecule has 2 unspecified atom stereocenters. The summed E-state index contributed by atoms with van der Waals surface area (Å²) >= 11 is 0. The van der Waals surface area contributed by atoms with Crippen LogP contribution in [0.3, 0.4) is 0 Å². The fourth-order valence-electron chi connectivity index (χ4n) is 2.22. The van der Waals surface area contributed by atoms with Gasteiger partial charge >= 0.3 is 0 Å². The summed E-state index contributed by atoms with van der Waals surface area (Å²) in [6, 6.07) is 9.03. The summed E-state index contributed by atoms with van der Waals surface area (Å²) in [5.41, 5.74) is 7.73. The van der Waals surface area contributed by atoms with Crippen molar-refractivity contribution in [2.24, 2.45) is 5.73 Å². The smallest absolute Gasteiger partial charge is 0.298 e. The number of oxazole rings is 1. The average Bonchev–Trinajstić information content (AvgIpc) is 2.84. The number of fused-ring (bicyclic) bond motifs is 1. The molecule has 1 aromatic heterocycles. The molecule has 3 rings (SSSR count). The normalized spacial score (nSPS) is 25.5. The Bertz CT molecular complexity index is 475. The molecule has 0 amide bonds. The topological polar surface area (TPSA) is 55.3 Å². The average molecular weight is 217 g/mol. The molecule has 0 spiro atoms. The van der Waals surface area contributed by atoms with Crippen molar-refractivity contribution in [3.05, 3.63) is 24.3 Å². The zero-order valence-electron chi connectivity index (χ0n) is 9.26. The molecule has 2 heterocycles. The van der Waals surface area contributed by atoms with Crippen LogP contribution in [0.1, 0.15) is 13.3 Å². The Morgan fingerprint density at radius 2 is 2.25 bits per heavy atom. The summed E-state index contributed by atoms with van der Waals surface area (Å²) in [6.45, 7) is 3.04. The van der Waals surface area contributed by atoms with Gasteiger partial charge in [-0.2, -0.15) is 4.98 Å². The SMILES string of the molecule is CC1C(N)CCN1c1nc2ccccc2o1. The monoisotopic (exact) mass is 217 g/mol. The van der Waals surface area contributed by atoms with Gasteiger partial charge in [0.05, 0.1) is 0 Å². The van der Waals surface area contributed by atoms with Gasteiger partial charge < -0.3 is 15.1 Å². The second-order valence-corrected chi connectivity index (χ2v) is 4.35. The second kappa shape index (κ2) is 3.49. The fourth-order valence-corrected chi connectivity index (χ4v) is 2.22. The minimum Gasteiger partial charge on any atom is -0.423 e. The number of hydrogen-bond donors (Lipinski definition) is 1. The number of hydrogen-bond acceptors (Lipinski definition) is 4. The Morgan fingerprint density at radius 3 is 2.94 bits per heavy atom. The first-order valence-electron chi connectivity index (χ1n) is 5.63. The standard InChI is InChI=1S/C12H15N3O/c1-8-9(13)6-7-15(8)12-14-10-4-2-3-5-11(10)16-12/h2-5,8-9H,6-7,13H2,1H3. The molecule has 0 radical (unpaired) electrons. The van der Waals surface area contributed by atoms with Crippen molar-refractivity contribution < 1.29 is 4.42 Å². The maximum Gasteiger partial charge on any atom is 0.298 e. The number of nitrogens with two attached hydrogens (primary N) is 1. The summed E-state index contributed by atoms with van der Waals surface area (Å²) in [5.74, 6) is 0. The van der Waals surface area contributed by atoms with Crippen LogP contribution in [0.5, 0.6) is 0 Å². The highest BCUT2D eigenvalue weighted by Gasteiger charge is 2.30. The molecule has 0 aliphatic carbocycles. The zero-order chi connectivity index (χ0) is 11.1. The number of para-hydroxylation sites is 2. The van der Waals surface area contributed by atoms with Crippen molar-refractivity contribution in [1.82, 2.24) is 4.98 Å². The maximum absolute atomic E-state index is 5.99. The zero-order valence-corrected chi connectivity index (χ0v) is 9.26. The van der Waals surface area contributed by atoms with Crippen LogP contribution in [0.2, 0.25) is 0 Å². The first-order valence-corrected chi connectivity index (χ1v) is 5.63. The van der Waals surface area contributed by atoms with Crippen molar-refractivity contribution >= 4 is 17.1 Å². The van der Waals surface area contributed by atoms with Gasteiger partial charge in [0, 0.05) is 18.6 Å². The number of rotatable bonds is 1. The molecule has 4 heteroatoms. The van der Waals surface area contributed by atoms with Crippen molar-refractivity contribution in [3.63, 3.8) is 0 Å². The van der Waals surface area contributed by atoms with Gasteiger partial charge in [0.25, 0.3) is 6.01 Å². The maximum atomic E-state index is 5.99. The van der Waals surface area contributed by atoms with Gasteiger partial charge in [-0.25, -0.2) is 0 Å². The fraction of sp³-hybridized carbons (Fsp3) is 0.417. The molecule has 0 bridgehead atoms. The molecule has 2 N–H and O–H groups in total. The van der Waals surface area contributed by atoms with Crippen molar-refractivity contribution in [3.8, 4) is 0 Å². The van der Waals surface area contributed by atoms with Crippen LogP contribution >= 0.6 is 0 Å². The van der Waals surface area contributed by atoms with E-state index < -0.39 is 0 Å². The van der Waals surface area contributed by atoms with E-state index in [2.05, 4.69) is 16.8 Å². The summed E-state index contributed by atoms with van der Waals surface area (Å²) in [4.78, 5) is 6.63. The lowest BCUT2D eigenvalue weighted by Crippen LogP contribution is -2.36. The van der Waals surface area contributed by atoms with E-state index in [0.29, 0.717) is 12.1 Å². The van der Waals surface area contributed by atoms with Crippen LogP contribution in [0, 0.1) is 0 Å². The van der Waals surface area contributed by atoms with E-state index in [0.717, 1.165) is 24.1 Å². The summed E-state index contributed by atoms with van der Waals surface area (Å²) in [7, 11) is 0. The Balaban J connectivity index is 2.00.